The number of urea groups is 1. The van der Waals surface area contributed by atoms with E-state index in [1.165, 1.54) is 11.9 Å². The standard InChI is InChI=1S/C18H21N5O3/c1-10(19)13-7-22-6-12(11-3-4-11)5-14(15(22)20-13)23-17(25)21(2)16(24)18(23)8-26-9-18/h5-7,10-11H,3-4,8-9,19H2,1-2H3. The highest BCUT2D eigenvalue weighted by Gasteiger charge is 2.62. The minimum Gasteiger partial charge on any atom is -0.375 e. The largest absolute Gasteiger partial charge is 0.375 e. The van der Waals surface area contributed by atoms with Gasteiger partial charge < -0.3 is 14.9 Å². The van der Waals surface area contributed by atoms with Crippen molar-refractivity contribution in [2.45, 2.75) is 37.3 Å². The van der Waals surface area contributed by atoms with Gasteiger partial charge in [-0.25, -0.2) is 9.78 Å². The Hall–Kier alpha value is -2.45. The van der Waals surface area contributed by atoms with Crippen LogP contribution in [-0.4, -0.2) is 52.0 Å². The minimum atomic E-state index is -0.949. The third-order valence-corrected chi connectivity index (χ3v) is 5.62. The maximum atomic E-state index is 12.9. The molecule has 1 unspecified atom stereocenters. The number of anilines is 1. The second-order valence-corrected chi connectivity index (χ2v) is 7.62. The van der Waals surface area contributed by atoms with Crippen LogP contribution in [0.25, 0.3) is 5.65 Å². The Bertz CT molecular complexity index is 942. The second-order valence-electron chi connectivity index (χ2n) is 7.62. The average Bonchev–Trinajstić information content (AvgIpc) is 3.29. The fraction of sp³-hybridized carbons (Fsp3) is 0.500. The van der Waals surface area contributed by atoms with E-state index in [0.29, 0.717) is 17.3 Å². The summed E-state index contributed by atoms with van der Waals surface area (Å²) in [5.74, 6) is 0.279. The Morgan fingerprint density at radius 2 is 2.04 bits per heavy atom. The van der Waals surface area contributed by atoms with Crippen molar-refractivity contribution in [2.24, 2.45) is 5.73 Å². The molecule has 1 aliphatic carbocycles. The fourth-order valence-corrected chi connectivity index (χ4v) is 3.85. The third-order valence-electron chi connectivity index (χ3n) is 5.62. The second kappa shape index (κ2) is 5.05. The molecule has 0 radical (unpaired) electrons. The number of imidazole rings is 1. The number of aromatic nitrogens is 2. The molecule has 1 spiro atoms. The van der Waals surface area contributed by atoms with Crippen LogP contribution in [-0.2, 0) is 9.53 Å². The minimum absolute atomic E-state index is 0.211. The number of hydrogen-bond acceptors (Lipinski definition) is 5. The molecule has 5 rings (SSSR count). The molecule has 2 aromatic heterocycles. The first-order valence-electron chi connectivity index (χ1n) is 8.90. The molecule has 3 amide bonds. The van der Waals surface area contributed by atoms with Gasteiger partial charge in [0.05, 0.1) is 24.6 Å². The number of fused-ring (bicyclic) bond motifs is 1. The number of nitrogens with zero attached hydrogens (tertiary/aromatic N) is 4. The molecule has 2 N–H and O–H groups in total. The van der Waals surface area contributed by atoms with Crippen LogP contribution in [0, 0.1) is 0 Å². The highest BCUT2D eigenvalue weighted by Crippen LogP contribution is 2.45. The SMILES string of the molecule is CC(N)c1cn2cc(C3CC3)cc(N3C(=O)N(C)C(=O)C34COC4)c2n1. The van der Waals surface area contributed by atoms with Crippen molar-refractivity contribution in [2.75, 3.05) is 25.2 Å². The molecule has 2 aliphatic heterocycles. The summed E-state index contributed by atoms with van der Waals surface area (Å²) < 4.78 is 7.27. The number of ether oxygens (including phenoxy) is 1. The first-order chi connectivity index (χ1) is 12.4. The van der Waals surface area contributed by atoms with Crippen molar-refractivity contribution >= 4 is 23.3 Å². The third kappa shape index (κ3) is 1.94. The number of imide groups is 1. The van der Waals surface area contributed by atoms with Crippen LogP contribution in [0.15, 0.2) is 18.5 Å². The van der Waals surface area contributed by atoms with Crippen molar-refractivity contribution in [3.63, 3.8) is 0 Å². The molecule has 0 aromatic carbocycles. The van der Waals surface area contributed by atoms with E-state index in [1.807, 2.05) is 23.6 Å². The maximum absolute atomic E-state index is 12.9. The van der Waals surface area contributed by atoms with Crippen molar-refractivity contribution in [3.8, 4) is 0 Å². The summed E-state index contributed by atoms with van der Waals surface area (Å²) in [5.41, 5.74) is 8.28. The van der Waals surface area contributed by atoms with Crippen LogP contribution in [0.3, 0.4) is 0 Å². The summed E-state index contributed by atoms with van der Waals surface area (Å²) in [7, 11) is 1.52. The first-order valence-corrected chi connectivity index (χ1v) is 8.90. The maximum Gasteiger partial charge on any atom is 0.332 e. The van der Waals surface area contributed by atoms with E-state index >= 15 is 0 Å². The zero-order valence-electron chi connectivity index (χ0n) is 14.8. The number of carbonyl (C=O) groups is 2. The summed E-state index contributed by atoms with van der Waals surface area (Å²) in [6.07, 6.45) is 6.25. The molecule has 8 heteroatoms. The van der Waals surface area contributed by atoms with Gasteiger partial charge >= 0.3 is 6.03 Å². The Balaban J connectivity index is 1.74. The normalized spacial score (nSPS) is 23.2. The fourth-order valence-electron chi connectivity index (χ4n) is 3.85. The average molecular weight is 355 g/mol. The molecule has 1 saturated carbocycles. The molecule has 136 valence electrons. The van der Waals surface area contributed by atoms with E-state index in [-0.39, 0.29) is 31.2 Å². The summed E-state index contributed by atoms with van der Waals surface area (Å²) >= 11 is 0. The Morgan fingerprint density at radius 1 is 1.31 bits per heavy atom. The highest BCUT2D eigenvalue weighted by atomic mass is 16.5. The van der Waals surface area contributed by atoms with E-state index in [0.717, 1.165) is 24.1 Å². The lowest BCUT2D eigenvalue weighted by Crippen LogP contribution is -2.64. The Kier molecular flexibility index (Phi) is 3.06. The van der Waals surface area contributed by atoms with Gasteiger partial charge in [-0.3, -0.25) is 14.6 Å². The lowest BCUT2D eigenvalue weighted by Gasteiger charge is -2.41. The Morgan fingerprint density at radius 3 is 2.62 bits per heavy atom. The zero-order valence-corrected chi connectivity index (χ0v) is 14.8. The summed E-state index contributed by atoms with van der Waals surface area (Å²) in [5, 5.41) is 0. The van der Waals surface area contributed by atoms with Gasteiger partial charge in [-0.2, -0.15) is 0 Å². The first kappa shape index (κ1) is 15.8. The van der Waals surface area contributed by atoms with Gasteiger partial charge in [0.25, 0.3) is 5.91 Å². The molecule has 3 fully saturated rings. The summed E-state index contributed by atoms with van der Waals surface area (Å²) in [6, 6.07) is 1.46. The van der Waals surface area contributed by atoms with Crippen LogP contribution in [0.2, 0.25) is 0 Å². The van der Waals surface area contributed by atoms with E-state index in [4.69, 9.17) is 10.5 Å². The van der Waals surface area contributed by atoms with Gasteiger partial charge in [-0.1, -0.05) is 0 Å². The summed E-state index contributed by atoms with van der Waals surface area (Å²) in [4.78, 5) is 33.1. The number of hydrogen-bond donors (Lipinski definition) is 1. The zero-order chi connectivity index (χ0) is 18.2. The monoisotopic (exact) mass is 355 g/mol. The molecule has 3 aliphatic rings. The molecule has 2 saturated heterocycles. The van der Waals surface area contributed by atoms with E-state index < -0.39 is 5.54 Å². The topological polar surface area (TPSA) is 93.2 Å². The van der Waals surface area contributed by atoms with Crippen LogP contribution < -0.4 is 10.6 Å². The van der Waals surface area contributed by atoms with Crippen molar-refractivity contribution < 1.29 is 14.3 Å². The van der Waals surface area contributed by atoms with E-state index in [2.05, 4.69) is 11.2 Å². The highest BCUT2D eigenvalue weighted by molar-refractivity contribution is 6.18. The van der Waals surface area contributed by atoms with Gasteiger partial charge in [0.2, 0.25) is 0 Å². The smallest absolute Gasteiger partial charge is 0.332 e. The molecule has 4 heterocycles. The molecular weight excluding hydrogens is 334 g/mol. The van der Waals surface area contributed by atoms with Crippen LogP contribution in [0.5, 0.6) is 0 Å². The molecule has 26 heavy (non-hydrogen) atoms. The molecule has 1 atom stereocenters. The predicted molar refractivity (Wildman–Crippen MR) is 94.0 cm³/mol. The van der Waals surface area contributed by atoms with Crippen molar-refractivity contribution in [1.29, 1.82) is 0 Å². The van der Waals surface area contributed by atoms with Gasteiger partial charge in [0.15, 0.2) is 11.2 Å². The summed E-state index contributed by atoms with van der Waals surface area (Å²) in [6.45, 7) is 2.30. The van der Waals surface area contributed by atoms with Gasteiger partial charge in [-0.15, -0.1) is 0 Å². The van der Waals surface area contributed by atoms with Crippen LogP contribution in [0.4, 0.5) is 10.5 Å². The van der Waals surface area contributed by atoms with Crippen molar-refractivity contribution in [3.05, 3.63) is 29.7 Å². The number of likely N-dealkylation sites (N-methyl/N-ethyl adjacent to an activating group) is 1. The lowest BCUT2D eigenvalue weighted by molar-refractivity contribution is -0.144. The number of amides is 3. The molecule has 2 aromatic rings. The van der Waals surface area contributed by atoms with E-state index in [9.17, 15) is 9.59 Å². The van der Waals surface area contributed by atoms with Gasteiger partial charge in [0.1, 0.15) is 0 Å². The van der Waals surface area contributed by atoms with Crippen LogP contribution in [0.1, 0.15) is 43.0 Å². The van der Waals surface area contributed by atoms with E-state index in [1.54, 1.807) is 4.90 Å². The van der Waals surface area contributed by atoms with Gasteiger partial charge in [-0.05, 0) is 37.3 Å². The molecular formula is C18H21N5O3. The lowest BCUT2D eigenvalue weighted by atomic mass is 9.95. The number of pyridine rings is 1. The van der Waals surface area contributed by atoms with Crippen molar-refractivity contribution in [1.82, 2.24) is 14.3 Å². The van der Waals surface area contributed by atoms with Crippen LogP contribution >= 0.6 is 0 Å². The predicted octanol–water partition coefficient (Wildman–Crippen LogP) is 1.40. The Labute approximate surface area is 150 Å². The quantitative estimate of drug-likeness (QED) is 0.840. The molecule has 0 bridgehead atoms. The molecule has 8 nitrogen and oxygen atoms in total. The number of rotatable bonds is 3. The number of carbonyl (C=O) groups excluding carboxylic acids is 2. The number of nitrogens with two attached hydrogens (primary N) is 1. The van der Waals surface area contributed by atoms with Gasteiger partial charge in [0, 0.05) is 25.5 Å².